The quantitative estimate of drug-likeness (QED) is 0.317. The van der Waals surface area contributed by atoms with Crippen LogP contribution in [-0.4, -0.2) is 10.5 Å². The van der Waals surface area contributed by atoms with Crippen LogP contribution in [0.2, 0.25) is 0 Å². The first-order chi connectivity index (χ1) is 15.7. The highest BCUT2D eigenvalue weighted by Crippen LogP contribution is 2.44. The summed E-state index contributed by atoms with van der Waals surface area (Å²) < 4.78 is 6.90. The first-order valence-electron chi connectivity index (χ1n) is 11.2. The first kappa shape index (κ1) is 19.1. The molecule has 1 heterocycles. The number of oxazole rings is 1. The second-order valence-electron chi connectivity index (χ2n) is 8.88. The molecule has 1 saturated carbocycles. The monoisotopic (exact) mass is 421 g/mol. The Labute approximate surface area is 185 Å². The second-order valence-corrected chi connectivity index (χ2v) is 8.88. The van der Waals surface area contributed by atoms with Gasteiger partial charge in [0.2, 0.25) is 5.91 Å². The zero-order valence-electron chi connectivity index (χ0n) is 17.6. The molecule has 0 amide bonds. The molecule has 0 radical (unpaired) electrons. The number of aromatic nitrogens is 1. The fourth-order valence-electron chi connectivity index (χ4n) is 5.60. The molecule has 32 heavy (non-hydrogen) atoms. The van der Waals surface area contributed by atoms with Gasteiger partial charge in [0.1, 0.15) is 5.52 Å². The average molecular weight is 421 g/mol. The fourth-order valence-corrected chi connectivity index (χ4v) is 5.60. The standard InChI is InChI=1S/C28H23NO3/c30-27(23-17-18-14-15-21(23)16-18)29-26-22(12-7-13-24(26)32-28(29)31)25(19-8-3-1-4-9-19)20-10-5-2-6-11-20/h1-15,18,21,23,25H,16-17H2/t18-,21+,23-/m0/s1. The van der Waals surface area contributed by atoms with Gasteiger partial charge in [-0.15, -0.1) is 0 Å². The Morgan fingerprint density at radius 3 is 2.12 bits per heavy atom. The van der Waals surface area contributed by atoms with Gasteiger partial charge < -0.3 is 4.42 Å². The van der Waals surface area contributed by atoms with Gasteiger partial charge in [0, 0.05) is 11.8 Å². The lowest BCUT2D eigenvalue weighted by atomic mass is 9.84. The van der Waals surface area contributed by atoms with E-state index < -0.39 is 5.76 Å². The minimum absolute atomic E-state index is 0.128. The Kier molecular flexibility index (Phi) is 4.46. The van der Waals surface area contributed by atoms with Gasteiger partial charge in [-0.2, -0.15) is 0 Å². The predicted octanol–water partition coefficient (Wildman–Crippen LogP) is 5.63. The normalized spacial score (nSPS) is 21.6. The highest BCUT2D eigenvalue weighted by molar-refractivity contribution is 5.93. The number of fused-ring (bicyclic) bond motifs is 3. The van der Waals surface area contributed by atoms with Gasteiger partial charge in [-0.1, -0.05) is 84.9 Å². The number of hydrogen-bond acceptors (Lipinski definition) is 3. The maximum Gasteiger partial charge on any atom is 0.426 e. The number of rotatable bonds is 4. The van der Waals surface area contributed by atoms with Gasteiger partial charge in [-0.05, 0) is 47.4 Å². The largest absolute Gasteiger partial charge is 0.426 e. The maximum atomic E-state index is 13.6. The number of nitrogens with zero attached hydrogens (tertiary/aromatic N) is 1. The van der Waals surface area contributed by atoms with E-state index in [2.05, 4.69) is 36.4 Å². The molecule has 0 aliphatic heterocycles. The summed E-state index contributed by atoms with van der Waals surface area (Å²) in [6, 6.07) is 26.1. The summed E-state index contributed by atoms with van der Waals surface area (Å²) in [4.78, 5) is 26.6. The van der Waals surface area contributed by atoms with Crippen molar-refractivity contribution in [3.05, 3.63) is 118 Å². The van der Waals surface area contributed by atoms with Crippen LogP contribution in [0.25, 0.3) is 11.1 Å². The molecular formula is C28H23NO3. The third-order valence-corrected chi connectivity index (χ3v) is 7.03. The molecule has 4 aromatic rings. The summed E-state index contributed by atoms with van der Waals surface area (Å²) in [5, 5.41) is 0. The molecule has 0 spiro atoms. The lowest BCUT2D eigenvalue weighted by molar-refractivity contribution is 0.0810. The van der Waals surface area contributed by atoms with Crippen molar-refractivity contribution in [1.29, 1.82) is 0 Å². The van der Waals surface area contributed by atoms with E-state index in [-0.39, 0.29) is 23.7 Å². The van der Waals surface area contributed by atoms with Crippen LogP contribution in [0.4, 0.5) is 0 Å². The Morgan fingerprint density at radius 1 is 0.844 bits per heavy atom. The summed E-state index contributed by atoms with van der Waals surface area (Å²) in [5.41, 5.74) is 4.14. The molecule has 2 aliphatic carbocycles. The number of carbonyl (C=O) groups is 1. The van der Waals surface area contributed by atoms with Crippen molar-refractivity contribution in [3.63, 3.8) is 0 Å². The smallest absolute Gasteiger partial charge is 0.407 e. The molecule has 3 aromatic carbocycles. The highest BCUT2D eigenvalue weighted by Gasteiger charge is 2.41. The molecule has 4 nitrogen and oxygen atoms in total. The zero-order valence-corrected chi connectivity index (χ0v) is 17.6. The minimum Gasteiger partial charge on any atom is -0.407 e. The summed E-state index contributed by atoms with van der Waals surface area (Å²) in [6.45, 7) is 0. The lowest BCUT2D eigenvalue weighted by Crippen LogP contribution is -2.31. The molecule has 2 bridgehead atoms. The van der Waals surface area contributed by atoms with E-state index >= 15 is 0 Å². The fraction of sp³-hybridized carbons (Fsp3) is 0.214. The van der Waals surface area contributed by atoms with Crippen molar-refractivity contribution in [2.24, 2.45) is 17.8 Å². The molecule has 4 heteroatoms. The van der Waals surface area contributed by atoms with Crippen LogP contribution in [0.3, 0.4) is 0 Å². The molecular weight excluding hydrogens is 398 g/mol. The summed E-state index contributed by atoms with van der Waals surface area (Å²) in [5.74, 6) is -0.359. The van der Waals surface area contributed by atoms with Crippen molar-refractivity contribution in [2.45, 2.75) is 18.8 Å². The van der Waals surface area contributed by atoms with Crippen LogP contribution < -0.4 is 5.76 Å². The zero-order chi connectivity index (χ0) is 21.7. The summed E-state index contributed by atoms with van der Waals surface area (Å²) >= 11 is 0. The molecule has 6 rings (SSSR count). The average Bonchev–Trinajstić information content (AvgIpc) is 3.54. The molecule has 0 N–H and O–H groups in total. The lowest BCUT2D eigenvalue weighted by Gasteiger charge is -2.21. The maximum absolute atomic E-state index is 13.6. The van der Waals surface area contributed by atoms with Crippen molar-refractivity contribution in [3.8, 4) is 0 Å². The van der Waals surface area contributed by atoms with E-state index in [0.29, 0.717) is 17.0 Å². The Morgan fingerprint density at radius 2 is 1.53 bits per heavy atom. The molecule has 3 atom stereocenters. The third-order valence-electron chi connectivity index (χ3n) is 7.03. The molecule has 0 saturated heterocycles. The van der Waals surface area contributed by atoms with Crippen LogP contribution >= 0.6 is 0 Å². The van der Waals surface area contributed by atoms with E-state index in [1.54, 1.807) is 6.07 Å². The highest BCUT2D eigenvalue weighted by atomic mass is 16.4. The van der Waals surface area contributed by atoms with Gasteiger partial charge in [-0.25, -0.2) is 9.36 Å². The number of allylic oxidation sites excluding steroid dienone is 2. The van der Waals surface area contributed by atoms with Gasteiger partial charge in [0.05, 0.1) is 0 Å². The van der Waals surface area contributed by atoms with Crippen molar-refractivity contribution in [2.75, 3.05) is 0 Å². The van der Waals surface area contributed by atoms with E-state index in [1.165, 1.54) is 4.57 Å². The van der Waals surface area contributed by atoms with Crippen molar-refractivity contribution < 1.29 is 9.21 Å². The Balaban J connectivity index is 1.57. The topological polar surface area (TPSA) is 52.2 Å². The van der Waals surface area contributed by atoms with Crippen LogP contribution in [0.1, 0.15) is 40.2 Å². The van der Waals surface area contributed by atoms with Gasteiger partial charge >= 0.3 is 5.76 Å². The molecule has 0 unspecified atom stereocenters. The summed E-state index contributed by atoms with van der Waals surface area (Å²) in [6.07, 6.45) is 6.16. The molecule has 2 aliphatic rings. The number of para-hydroxylation sites is 1. The van der Waals surface area contributed by atoms with Gasteiger partial charge in [0.25, 0.3) is 0 Å². The van der Waals surface area contributed by atoms with Crippen LogP contribution in [0.5, 0.6) is 0 Å². The van der Waals surface area contributed by atoms with Crippen molar-refractivity contribution in [1.82, 2.24) is 4.57 Å². The van der Waals surface area contributed by atoms with E-state index in [9.17, 15) is 9.59 Å². The predicted molar refractivity (Wildman–Crippen MR) is 124 cm³/mol. The van der Waals surface area contributed by atoms with E-state index in [0.717, 1.165) is 29.5 Å². The summed E-state index contributed by atoms with van der Waals surface area (Å²) in [7, 11) is 0. The molecule has 1 fully saturated rings. The minimum atomic E-state index is -0.593. The van der Waals surface area contributed by atoms with Crippen molar-refractivity contribution >= 4 is 17.0 Å². The Hall–Kier alpha value is -3.66. The number of carbonyl (C=O) groups excluding carboxylic acids is 1. The second kappa shape index (κ2) is 7.49. The van der Waals surface area contributed by atoms with Crippen LogP contribution in [0, 0.1) is 17.8 Å². The first-order valence-corrected chi connectivity index (χ1v) is 11.2. The number of benzene rings is 3. The van der Waals surface area contributed by atoms with E-state index in [1.807, 2.05) is 48.5 Å². The van der Waals surface area contributed by atoms with E-state index in [4.69, 9.17) is 4.42 Å². The SMILES string of the molecule is O=C([C@H]1C[C@H]2C=C[C@@H]1C2)n1c(=O)oc2cccc(C(c3ccccc3)c3ccccc3)c21. The van der Waals surface area contributed by atoms with Gasteiger partial charge in [-0.3, -0.25) is 4.79 Å². The third kappa shape index (κ3) is 2.98. The molecule has 158 valence electrons. The Bertz CT molecular complexity index is 1340. The van der Waals surface area contributed by atoms with Crippen LogP contribution in [0.15, 0.2) is 100 Å². The molecule has 1 aromatic heterocycles. The van der Waals surface area contributed by atoms with Gasteiger partial charge in [0.15, 0.2) is 5.58 Å². The number of hydrogen-bond donors (Lipinski definition) is 0. The van der Waals surface area contributed by atoms with Crippen LogP contribution in [-0.2, 0) is 0 Å².